The van der Waals surface area contributed by atoms with Crippen molar-refractivity contribution in [3.8, 4) is 0 Å². The summed E-state index contributed by atoms with van der Waals surface area (Å²) in [5, 5.41) is 0. The molecule has 1 rings (SSSR count). The SMILES string of the molecule is CCn1cc(Br)nc(Br)c1=O. The predicted octanol–water partition coefficient (Wildman–Crippen LogP) is 1.79. The third kappa shape index (κ3) is 1.90. The molecule has 0 aliphatic rings. The monoisotopic (exact) mass is 280 g/mol. The van der Waals surface area contributed by atoms with Crippen molar-refractivity contribution in [3.63, 3.8) is 0 Å². The van der Waals surface area contributed by atoms with Gasteiger partial charge in [-0.05, 0) is 38.8 Å². The van der Waals surface area contributed by atoms with Crippen LogP contribution >= 0.6 is 31.9 Å². The van der Waals surface area contributed by atoms with Crippen molar-refractivity contribution in [2.24, 2.45) is 0 Å². The minimum Gasteiger partial charge on any atom is -0.311 e. The van der Waals surface area contributed by atoms with Crippen LogP contribution in [0.25, 0.3) is 0 Å². The minimum absolute atomic E-state index is 0.101. The Hall–Kier alpha value is -0.160. The molecule has 60 valence electrons. The lowest BCUT2D eigenvalue weighted by atomic mass is 10.6. The van der Waals surface area contributed by atoms with Crippen LogP contribution in [0.3, 0.4) is 0 Å². The Bertz CT molecular complexity index is 321. The molecule has 0 aromatic carbocycles. The Morgan fingerprint density at radius 1 is 1.64 bits per heavy atom. The number of aromatic nitrogens is 2. The molecule has 0 spiro atoms. The van der Waals surface area contributed by atoms with Crippen LogP contribution in [0.1, 0.15) is 6.92 Å². The zero-order chi connectivity index (χ0) is 8.43. The van der Waals surface area contributed by atoms with E-state index in [1.165, 1.54) is 0 Å². The van der Waals surface area contributed by atoms with Crippen molar-refractivity contribution in [2.75, 3.05) is 0 Å². The highest BCUT2D eigenvalue weighted by Gasteiger charge is 2.01. The molecule has 0 N–H and O–H groups in total. The summed E-state index contributed by atoms with van der Waals surface area (Å²) in [4.78, 5) is 15.1. The zero-order valence-corrected chi connectivity index (χ0v) is 9.02. The van der Waals surface area contributed by atoms with E-state index in [-0.39, 0.29) is 5.56 Å². The van der Waals surface area contributed by atoms with Gasteiger partial charge in [0.05, 0.1) is 0 Å². The van der Waals surface area contributed by atoms with Crippen molar-refractivity contribution < 1.29 is 0 Å². The smallest absolute Gasteiger partial charge is 0.283 e. The minimum atomic E-state index is -0.101. The van der Waals surface area contributed by atoms with Crippen LogP contribution in [0.2, 0.25) is 0 Å². The van der Waals surface area contributed by atoms with Crippen molar-refractivity contribution in [2.45, 2.75) is 13.5 Å². The first kappa shape index (κ1) is 8.93. The lowest BCUT2D eigenvalue weighted by Gasteiger charge is -2.01. The maximum Gasteiger partial charge on any atom is 0.283 e. The van der Waals surface area contributed by atoms with E-state index in [1.807, 2.05) is 6.92 Å². The molecule has 0 atom stereocenters. The van der Waals surface area contributed by atoms with Crippen LogP contribution in [0.4, 0.5) is 0 Å². The Balaban J connectivity index is 3.37. The van der Waals surface area contributed by atoms with Gasteiger partial charge in [-0.2, -0.15) is 0 Å². The summed E-state index contributed by atoms with van der Waals surface area (Å²) in [6, 6.07) is 0. The van der Waals surface area contributed by atoms with Crippen LogP contribution < -0.4 is 5.56 Å². The molecule has 5 heteroatoms. The average Bonchev–Trinajstić information content (AvgIpc) is 1.96. The van der Waals surface area contributed by atoms with E-state index in [0.29, 0.717) is 15.8 Å². The van der Waals surface area contributed by atoms with Crippen molar-refractivity contribution in [1.29, 1.82) is 0 Å². The van der Waals surface area contributed by atoms with E-state index < -0.39 is 0 Å². The number of halogens is 2. The van der Waals surface area contributed by atoms with E-state index in [0.717, 1.165) is 0 Å². The largest absolute Gasteiger partial charge is 0.311 e. The van der Waals surface area contributed by atoms with Gasteiger partial charge in [-0.15, -0.1) is 0 Å². The molecule has 0 saturated carbocycles. The number of aryl methyl sites for hydroxylation is 1. The molecule has 0 radical (unpaired) electrons. The Labute approximate surface area is 80.7 Å². The fourth-order valence-electron chi connectivity index (χ4n) is 0.711. The van der Waals surface area contributed by atoms with Crippen LogP contribution in [-0.2, 0) is 6.54 Å². The lowest BCUT2D eigenvalue weighted by Crippen LogP contribution is -2.20. The zero-order valence-electron chi connectivity index (χ0n) is 5.84. The van der Waals surface area contributed by atoms with Crippen molar-refractivity contribution >= 4 is 31.9 Å². The Morgan fingerprint density at radius 3 is 2.82 bits per heavy atom. The normalized spacial score (nSPS) is 10.1. The summed E-state index contributed by atoms with van der Waals surface area (Å²) < 4.78 is 2.57. The third-order valence-electron chi connectivity index (χ3n) is 1.25. The molecule has 0 aliphatic heterocycles. The van der Waals surface area contributed by atoms with Crippen LogP contribution in [-0.4, -0.2) is 9.55 Å². The van der Waals surface area contributed by atoms with E-state index in [4.69, 9.17) is 0 Å². The molecule has 0 amide bonds. The molecule has 1 aromatic heterocycles. The van der Waals surface area contributed by atoms with Crippen LogP contribution in [0.15, 0.2) is 20.2 Å². The van der Waals surface area contributed by atoms with Crippen LogP contribution in [0.5, 0.6) is 0 Å². The van der Waals surface area contributed by atoms with Crippen molar-refractivity contribution in [1.82, 2.24) is 9.55 Å². The van der Waals surface area contributed by atoms with Gasteiger partial charge in [0, 0.05) is 12.7 Å². The van der Waals surface area contributed by atoms with E-state index in [1.54, 1.807) is 10.8 Å². The summed E-state index contributed by atoms with van der Waals surface area (Å²) in [7, 11) is 0. The molecule has 1 heterocycles. The summed E-state index contributed by atoms with van der Waals surface area (Å²) in [6.07, 6.45) is 1.66. The summed E-state index contributed by atoms with van der Waals surface area (Å²) in [6.45, 7) is 2.55. The van der Waals surface area contributed by atoms with E-state index >= 15 is 0 Å². The van der Waals surface area contributed by atoms with E-state index in [9.17, 15) is 4.79 Å². The molecular formula is C6H6Br2N2O. The van der Waals surface area contributed by atoms with Gasteiger partial charge < -0.3 is 4.57 Å². The lowest BCUT2D eigenvalue weighted by molar-refractivity contribution is 0.706. The first-order chi connectivity index (χ1) is 5.15. The molecular weight excluding hydrogens is 276 g/mol. The number of rotatable bonds is 1. The van der Waals surface area contributed by atoms with E-state index in [2.05, 4.69) is 36.8 Å². The second kappa shape index (κ2) is 3.49. The first-order valence-corrected chi connectivity index (χ1v) is 4.66. The average molecular weight is 282 g/mol. The summed E-state index contributed by atoms with van der Waals surface area (Å²) >= 11 is 6.25. The maximum atomic E-state index is 11.2. The molecule has 0 saturated heterocycles. The fraction of sp³-hybridized carbons (Fsp3) is 0.333. The molecule has 0 unspecified atom stereocenters. The fourth-order valence-corrected chi connectivity index (χ4v) is 1.79. The van der Waals surface area contributed by atoms with Crippen molar-refractivity contribution in [3.05, 3.63) is 25.8 Å². The molecule has 0 aliphatic carbocycles. The Kier molecular flexibility index (Phi) is 2.84. The third-order valence-corrected chi connectivity index (χ3v) is 2.14. The molecule has 1 aromatic rings. The van der Waals surface area contributed by atoms with Gasteiger partial charge in [-0.3, -0.25) is 4.79 Å². The van der Waals surface area contributed by atoms with Gasteiger partial charge >= 0.3 is 0 Å². The highest BCUT2D eigenvalue weighted by molar-refractivity contribution is 9.11. The number of hydrogen-bond donors (Lipinski definition) is 0. The molecule has 0 bridgehead atoms. The summed E-state index contributed by atoms with van der Waals surface area (Å²) in [5.74, 6) is 0. The second-order valence-corrected chi connectivity index (χ2v) is 3.51. The standard InChI is InChI=1S/C6H6Br2N2O/c1-2-10-3-4(7)9-5(8)6(10)11/h3H,2H2,1H3. The highest BCUT2D eigenvalue weighted by atomic mass is 79.9. The van der Waals surface area contributed by atoms with Gasteiger partial charge in [-0.25, -0.2) is 4.98 Å². The maximum absolute atomic E-state index is 11.2. The van der Waals surface area contributed by atoms with Gasteiger partial charge in [-0.1, -0.05) is 0 Å². The first-order valence-electron chi connectivity index (χ1n) is 3.07. The van der Waals surface area contributed by atoms with Gasteiger partial charge in [0.1, 0.15) is 4.60 Å². The second-order valence-electron chi connectivity index (χ2n) is 1.95. The molecule has 11 heavy (non-hydrogen) atoms. The topological polar surface area (TPSA) is 34.9 Å². The Morgan fingerprint density at radius 2 is 2.27 bits per heavy atom. The van der Waals surface area contributed by atoms with Gasteiger partial charge in [0.15, 0.2) is 4.60 Å². The highest BCUT2D eigenvalue weighted by Crippen LogP contribution is 2.06. The quantitative estimate of drug-likeness (QED) is 0.787. The molecule has 3 nitrogen and oxygen atoms in total. The van der Waals surface area contributed by atoms with Gasteiger partial charge in [0.2, 0.25) is 0 Å². The molecule has 0 fully saturated rings. The van der Waals surface area contributed by atoms with Gasteiger partial charge in [0.25, 0.3) is 5.56 Å². The van der Waals surface area contributed by atoms with Crippen LogP contribution in [0, 0.1) is 0 Å². The number of hydrogen-bond acceptors (Lipinski definition) is 2. The predicted molar refractivity (Wildman–Crippen MR) is 49.6 cm³/mol. The summed E-state index contributed by atoms with van der Waals surface area (Å²) in [5.41, 5.74) is -0.101. The number of nitrogens with zero attached hydrogens (tertiary/aromatic N) is 2.